The number of hydrogen-bond donors (Lipinski definition) is 2. The first-order valence-corrected chi connectivity index (χ1v) is 2.06. The Balaban J connectivity index is -0.000000245. The van der Waals surface area contributed by atoms with Gasteiger partial charge in [-0.05, 0) is 0 Å². The van der Waals surface area contributed by atoms with Crippen LogP contribution in [0.25, 0.3) is 0 Å². The fourth-order valence-corrected chi connectivity index (χ4v) is 0.214. The van der Waals surface area contributed by atoms with E-state index in [0.29, 0.717) is 0 Å². The predicted molar refractivity (Wildman–Crippen MR) is 24.5 cm³/mol. The summed E-state index contributed by atoms with van der Waals surface area (Å²) < 4.78 is 0. The van der Waals surface area contributed by atoms with Gasteiger partial charge in [0.25, 0.3) is 0 Å². The van der Waals surface area contributed by atoms with Crippen molar-refractivity contribution >= 4 is 11.9 Å². The van der Waals surface area contributed by atoms with Crippen molar-refractivity contribution in [3.8, 4) is 0 Å². The van der Waals surface area contributed by atoms with E-state index in [2.05, 4.69) is 0 Å². The van der Waals surface area contributed by atoms with Crippen LogP contribution in [0.2, 0.25) is 0 Å². The summed E-state index contributed by atoms with van der Waals surface area (Å²) in [6.07, 6.45) is -0.593. The zero-order valence-corrected chi connectivity index (χ0v) is 10.0. The van der Waals surface area contributed by atoms with Gasteiger partial charge in [-0.3, -0.25) is 9.59 Å². The molecule has 6 heteroatoms. The molecule has 0 aliphatic rings. The molecule has 0 atom stereocenters. The van der Waals surface area contributed by atoms with Crippen LogP contribution >= 0.6 is 0 Å². The molecule has 0 aromatic carbocycles. The molecule has 0 saturated carbocycles. The van der Waals surface area contributed by atoms with E-state index in [-0.39, 0.29) is 65.2 Å². The van der Waals surface area contributed by atoms with E-state index >= 15 is 0 Å². The summed E-state index contributed by atoms with van der Waals surface area (Å²) in [4.78, 5) is 19.3. The maximum Gasteiger partial charge on any atom is 0.303 e. The van der Waals surface area contributed by atoms with Gasteiger partial charge in [-0.15, -0.1) is 0 Å². The van der Waals surface area contributed by atoms with Gasteiger partial charge >= 0.3 is 11.9 Å². The van der Waals surface area contributed by atoms with E-state index in [1.165, 1.54) is 0 Å². The second-order valence-corrected chi connectivity index (χ2v) is 1.29. The number of rotatable bonds is 3. The molecule has 0 unspecified atom stereocenters. The van der Waals surface area contributed by atoms with Crippen LogP contribution in [0, 0.1) is 0 Å². The maximum absolute atomic E-state index is 9.64. The second kappa shape index (κ2) is 9.71. The Morgan fingerprint density at radius 1 is 0.900 bits per heavy atom. The molecule has 0 amide bonds. The molecular weight excluding hydrogens is 294 g/mol. The van der Waals surface area contributed by atoms with Gasteiger partial charge in [0.15, 0.2) is 0 Å². The van der Waals surface area contributed by atoms with E-state index in [4.69, 9.17) is 10.2 Å². The van der Waals surface area contributed by atoms with Crippen molar-refractivity contribution in [2.24, 2.45) is 0 Å². The Kier molecular flexibility index (Phi) is 16.5. The molecule has 0 aliphatic heterocycles. The molecule has 2 N–H and O–H groups in total. The largest absolute Gasteiger partial charge is 0.481 e. The first-order chi connectivity index (χ1) is 3.63. The van der Waals surface area contributed by atoms with Crippen LogP contribution in [0.15, 0.2) is 0 Å². The summed E-state index contributed by atoms with van der Waals surface area (Å²) in [5.74, 6) is -2.15. The fraction of sp³-hybridized carbons (Fsp3) is 0.500. The Hall–Kier alpha value is 0.706. The Morgan fingerprint density at radius 2 is 1.10 bits per heavy atom. The van der Waals surface area contributed by atoms with Crippen LogP contribution < -0.4 is 0 Å². The minimum Gasteiger partial charge on any atom is -0.481 e. The minimum absolute atomic E-state index is 0. The molecular formula is C4H6O4Zr2. The number of carboxylic acids is 2. The Labute approximate surface area is 96.2 Å². The van der Waals surface area contributed by atoms with Gasteiger partial charge in [0.2, 0.25) is 0 Å². The third-order valence-electron chi connectivity index (χ3n) is 0.553. The van der Waals surface area contributed by atoms with Crippen molar-refractivity contribution in [1.29, 1.82) is 0 Å². The molecule has 0 rings (SSSR count). The van der Waals surface area contributed by atoms with E-state index in [9.17, 15) is 9.59 Å². The molecule has 0 aromatic rings. The van der Waals surface area contributed by atoms with Gasteiger partial charge in [0.05, 0.1) is 12.8 Å². The molecule has 0 spiro atoms. The SMILES string of the molecule is O=C(O)CCC(=O)O.[Zr].[Zr]. The van der Waals surface area contributed by atoms with Crippen LogP contribution in [-0.2, 0) is 62.0 Å². The van der Waals surface area contributed by atoms with Crippen LogP contribution in [0.3, 0.4) is 0 Å². The fourth-order valence-electron chi connectivity index (χ4n) is 0.214. The van der Waals surface area contributed by atoms with E-state index in [1.807, 2.05) is 0 Å². The smallest absolute Gasteiger partial charge is 0.303 e. The molecule has 0 radical (unpaired) electrons. The quantitative estimate of drug-likeness (QED) is 0.765. The Bertz CT molecular complexity index is 99.8. The van der Waals surface area contributed by atoms with Gasteiger partial charge in [0, 0.05) is 52.4 Å². The van der Waals surface area contributed by atoms with Crippen molar-refractivity contribution in [1.82, 2.24) is 0 Å². The average Bonchev–Trinajstić information content (AvgIpc) is 1.61. The third-order valence-corrected chi connectivity index (χ3v) is 0.553. The molecule has 0 heterocycles. The summed E-state index contributed by atoms with van der Waals surface area (Å²) in [6, 6.07) is 0. The van der Waals surface area contributed by atoms with Crippen molar-refractivity contribution in [2.75, 3.05) is 0 Å². The summed E-state index contributed by atoms with van der Waals surface area (Å²) in [5, 5.41) is 15.8. The van der Waals surface area contributed by atoms with Crippen LogP contribution in [0.5, 0.6) is 0 Å². The van der Waals surface area contributed by atoms with Gasteiger partial charge in [0.1, 0.15) is 0 Å². The van der Waals surface area contributed by atoms with E-state index in [1.54, 1.807) is 0 Å². The van der Waals surface area contributed by atoms with Gasteiger partial charge < -0.3 is 10.2 Å². The van der Waals surface area contributed by atoms with Crippen LogP contribution in [0.1, 0.15) is 12.8 Å². The van der Waals surface area contributed by atoms with Gasteiger partial charge in [-0.25, -0.2) is 0 Å². The van der Waals surface area contributed by atoms with E-state index in [0.717, 1.165) is 0 Å². The standard InChI is InChI=1S/C4H6O4.2Zr/c5-3(6)1-2-4(7)8;;/h1-2H2,(H,5,6)(H,7,8);;. The maximum atomic E-state index is 9.64. The first kappa shape index (κ1) is 17.0. The van der Waals surface area contributed by atoms with Crippen molar-refractivity contribution < 1.29 is 72.2 Å². The minimum atomic E-state index is -1.08. The number of aliphatic carboxylic acids is 2. The average molecular weight is 301 g/mol. The summed E-state index contributed by atoms with van der Waals surface area (Å²) in [7, 11) is 0. The monoisotopic (exact) mass is 298 g/mol. The molecule has 0 fully saturated rings. The molecule has 10 heavy (non-hydrogen) atoms. The van der Waals surface area contributed by atoms with Gasteiger partial charge in [-0.1, -0.05) is 0 Å². The topological polar surface area (TPSA) is 74.6 Å². The van der Waals surface area contributed by atoms with Gasteiger partial charge in [-0.2, -0.15) is 0 Å². The Morgan fingerprint density at radius 3 is 1.20 bits per heavy atom. The molecule has 0 aliphatic carbocycles. The molecule has 4 nitrogen and oxygen atoms in total. The van der Waals surface area contributed by atoms with Crippen molar-refractivity contribution in [3.05, 3.63) is 0 Å². The zero-order valence-electron chi connectivity index (χ0n) is 5.13. The normalized spacial score (nSPS) is 6.80. The molecule has 0 saturated heterocycles. The van der Waals surface area contributed by atoms with Crippen molar-refractivity contribution in [2.45, 2.75) is 12.8 Å². The zero-order chi connectivity index (χ0) is 6.57. The number of hydrogen-bond acceptors (Lipinski definition) is 2. The van der Waals surface area contributed by atoms with Crippen molar-refractivity contribution in [3.63, 3.8) is 0 Å². The number of carbonyl (C=O) groups is 2. The molecule has 0 aromatic heterocycles. The van der Waals surface area contributed by atoms with Crippen LogP contribution in [-0.4, -0.2) is 22.2 Å². The third kappa shape index (κ3) is 15.9. The number of carboxylic acid groups (broad SMARTS) is 2. The second-order valence-electron chi connectivity index (χ2n) is 1.29. The molecule has 0 bridgehead atoms. The summed E-state index contributed by atoms with van der Waals surface area (Å²) in [5.41, 5.74) is 0. The van der Waals surface area contributed by atoms with E-state index < -0.39 is 11.9 Å². The summed E-state index contributed by atoms with van der Waals surface area (Å²) in [6.45, 7) is 0. The first-order valence-electron chi connectivity index (χ1n) is 2.06. The predicted octanol–water partition coefficient (Wildman–Crippen LogP) is -0.0692. The van der Waals surface area contributed by atoms with Crippen LogP contribution in [0.4, 0.5) is 0 Å². The summed E-state index contributed by atoms with van der Waals surface area (Å²) >= 11 is 0. The molecule has 54 valence electrons.